The molecule has 6 heteroatoms. The average Bonchev–Trinajstić information content (AvgIpc) is 2.80. The Bertz CT molecular complexity index is 305. The van der Waals surface area contributed by atoms with Gasteiger partial charge in [0.2, 0.25) is 5.91 Å². The third-order valence-corrected chi connectivity index (χ3v) is 3.32. The SMILES string of the molecule is O=C(NC1(C(=O)O)CCOC1)C1CCCOC1. The number of amides is 1. The summed E-state index contributed by atoms with van der Waals surface area (Å²) in [4.78, 5) is 23.2. The van der Waals surface area contributed by atoms with Crippen LogP contribution in [-0.2, 0) is 19.1 Å². The second-order valence-corrected chi connectivity index (χ2v) is 4.59. The lowest BCUT2D eigenvalue weighted by Crippen LogP contribution is -2.57. The van der Waals surface area contributed by atoms with Gasteiger partial charge in [-0.2, -0.15) is 0 Å². The van der Waals surface area contributed by atoms with Crippen LogP contribution in [0.4, 0.5) is 0 Å². The molecule has 0 saturated carbocycles. The quantitative estimate of drug-likeness (QED) is 0.715. The van der Waals surface area contributed by atoms with Gasteiger partial charge in [0.15, 0.2) is 5.54 Å². The summed E-state index contributed by atoms with van der Waals surface area (Å²) in [6, 6.07) is 0. The second kappa shape index (κ2) is 5.01. The Hall–Kier alpha value is -1.14. The molecular weight excluding hydrogens is 226 g/mol. The van der Waals surface area contributed by atoms with Gasteiger partial charge in [0, 0.05) is 19.6 Å². The summed E-state index contributed by atoms with van der Waals surface area (Å²) in [5.41, 5.74) is -1.24. The molecule has 0 aromatic heterocycles. The maximum atomic E-state index is 12.0. The zero-order valence-corrected chi connectivity index (χ0v) is 9.61. The van der Waals surface area contributed by atoms with Gasteiger partial charge < -0.3 is 19.9 Å². The van der Waals surface area contributed by atoms with Gasteiger partial charge in [-0.05, 0) is 12.8 Å². The molecular formula is C11H17NO5. The number of carbonyl (C=O) groups is 2. The first-order chi connectivity index (χ1) is 8.14. The third kappa shape index (κ3) is 2.58. The number of carboxylic acid groups (broad SMARTS) is 1. The Balaban J connectivity index is 1.98. The van der Waals surface area contributed by atoms with Crippen molar-refractivity contribution in [1.29, 1.82) is 0 Å². The summed E-state index contributed by atoms with van der Waals surface area (Å²) < 4.78 is 10.3. The van der Waals surface area contributed by atoms with Crippen LogP contribution in [0, 0.1) is 5.92 Å². The van der Waals surface area contributed by atoms with Crippen LogP contribution >= 0.6 is 0 Å². The highest BCUT2D eigenvalue weighted by molar-refractivity contribution is 5.88. The molecule has 1 amide bonds. The van der Waals surface area contributed by atoms with Crippen LogP contribution in [0.1, 0.15) is 19.3 Å². The highest BCUT2D eigenvalue weighted by atomic mass is 16.5. The third-order valence-electron chi connectivity index (χ3n) is 3.32. The Morgan fingerprint density at radius 2 is 2.12 bits per heavy atom. The van der Waals surface area contributed by atoms with E-state index >= 15 is 0 Å². The summed E-state index contributed by atoms with van der Waals surface area (Å²) in [5, 5.41) is 11.8. The largest absolute Gasteiger partial charge is 0.479 e. The van der Waals surface area contributed by atoms with Gasteiger partial charge in [0.25, 0.3) is 0 Å². The minimum atomic E-state index is -1.24. The molecule has 2 N–H and O–H groups in total. The molecule has 2 fully saturated rings. The number of nitrogens with one attached hydrogen (secondary N) is 1. The van der Waals surface area contributed by atoms with Crippen molar-refractivity contribution in [1.82, 2.24) is 5.32 Å². The first-order valence-electron chi connectivity index (χ1n) is 5.85. The van der Waals surface area contributed by atoms with Gasteiger partial charge in [-0.15, -0.1) is 0 Å². The normalized spacial score (nSPS) is 33.3. The van der Waals surface area contributed by atoms with Gasteiger partial charge in [-0.25, -0.2) is 4.79 Å². The van der Waals surface area contributed by atoms with Crippen LogP contribution in [0.2, 0.25) is 0 Å². The van der Waals surface area contributed by atoms with Gasteiger partial charge in [0.05, 0.1) is 19.1 Å². The van der Waals surface area contributed by atoms with Crippen molar-refractivity contribution < 1.29 is 24.2 Å². The standard InChI is InChI=1S/C11H17NO5/c13-9(8-2-1-4-16-6-8)12-11(10(14)15)3-5-17-7-11/h8H,1-7H2,(H,12,13)(H,14,15). The minimum Gasteiger partial charge on any atom is -0.479 e. The van der Waals surface area contributed by atoms with Crippen LogP contribution in [0.15, 0.2) is 0 Å². The number of aliphatic carboxylic acids is 1. The summed E-state index contributed by atoms with van der Waals surface area (Å²) in [7, 11) is 0. The molecule has 17 heavy (non-hydrogen) atoms. The van der Waals surface area contributed by atoms with Crippen LogP contribution in [0.3, 0.4) is 0 Å². The number of carbonyl (C=O) groups excluding carboxylic acids is 1. The molecule has 0 bridgehead atoms. The maximum absolute atomic E-state index is 12.0. The fourth-order valence-corrected chi connectivity index (χ4v) is 2.17. The molecule has 6 nitrogen and oxygen atoms in total. The fraction of sp³-hybridized carbons (Fsp3) is 0.818. The van der Waals surface area contributed by atoms with Crippen LogP contribution < -0.4 is 5.32 Å². The molecule has 0 aromatic carbocycles. The van der Waals surface area contributed by atoms with E-state index in [1.807, 2.05) is 0 Å². The molecule has 0 aromatic rings. The van der Waals surface area contributed by atoms with Crippen molar-refractivity contribution in [2.75, 3.05) is 26.4 Å². The summed E-state index contributed by atoms with van der Waals surface area (Å²) in [6.07, 6.45) is 1.92. The second-order valence-electron chi connectivity index (χ2n) is 4.59. The molecule has 0 spiro atoms. The van der Waals surface area contributed by atoms with E-state index in [2.05, 4.69) is 5.32 Å². The van der Waals surface area contributed by atoms with E-state index in [-0.39, 0.29) is 18.4 Å². The fourth-order valence-electron chi connectivity index (χ4n) is 2.17. The van der Waals surface area contributed by atoms with Crippen LogP contribution in [0.25, 0.3) is 0 Å². The van der Waals surface area contributed by atoms with Crippen molar-refractivity contribution in [2.45, 2.75) is 24.8 Å². The molecule has 2 rings (SSSR count). The summed E-state index contributed by atoms with van der Waals surface area (Å²) in [6.45, 7) is 1.47. The molecule has 0 aliphatic carbocycles. The lowest BCUT2D eigenvalue weighted by molar-refractivity contribution is -0.149. The molecule has 2 saturated heterocycles. The smallest absolute Gasteiger partial charge is 0.331 e. The monoisotopic (exact) mass is 243 g/mol. The molecule has 0 radical (unpaired) electrons. The van der Waals surface area contributed by atoms with E-state index in [0.29, 0.717) is 26.2 Å². The predicted octanol–water partition coefficient (Wildman–Crippen LogP) is -0.227. The van der Waals surface area contributed by atoms with Crippen molar-refractivity contribution in [3.05, 3.63) is 0 Å². The molecule has 96 valence electrons. The van der Waals surface area contributed by atoms with E-state index in [1.54, 1.807) is 0 Å². The molecule has 2 atom stereocenters. The van der Waals surface area contributed by atoms with Crippen LogP contribution in [0.5, 0.6) is 0 Å². The lowest BCUT2D eigenvalue weighted by atomic mass is 9.95. The van der Waals surface area contributed by atoms with Gasteiger partial charge in [-0.3, -0.25) is 4.79 Å². The molecule has 2 unspecified atom stereocenters. The number of carboxylic acids is 1. The van der Waals surface area contributed by atoms with Crippen molar-refractivity contribution >= 4 is 11.9 Å². The van der Waals surface area contributed by atoms with Crippen LogP contribution in [-0.4, -0.2) is 48.9 Å². The minimum absolute atomic E-state index is 0.0433. The maximum Gasteiger partial charge on any atom is 0.331 e. The Kier molecular flexibility index (Phi) is 3.63. The van der Waals surface area contributed by atoms with E-state index < -0.39 is 11.5 Å². The zero-order chi connectivity index (χ0) is 12.3. The Labute approximate surface area is 99.3 Å². The number of hydrogen-bond acceptors (Lipinski definition) is 4. The Morgan fingerprint density at radius 1 is 1.29 bits per heavy atom. The first-order valence-corrected chi connectivity index (χ1v) is 5.85. The van der Waals surface area contributed by atoms with E-state index in [4.69, 9.17) is 9.47 Å². The van der Waals surface area contributed by atoms with E-state index in [1.165, 1.54) is 0 Å². The van der Waals surface area contributed by atoms with Crippen molar-refractivity contribution in [3.63, 3.8) is 0 Å². The summed E-state index contributed by atoms with van der Waals surface area (Å²) in [5.74, 6) is -1.50. The number of rotatable bonds is 3. The van der Waals surface area contributed by atoms with Crippen molar-refractivity contribution in [2.24, 2.45) is 5.92 Å². The van der Waals surface area contributed by atoms with Gasteiger partial charge in [-0.1, -0.05) is 0 Å². The van der Waals surface area contributed by atoms with E-state index in [0.717, 1.165) is 12.8 Å². The van der Waals surface area contributed by atoms with Gasteiger partial charge in [0.1, 0.15) is 0 Å². The predicted molar refractivity (Wildman–Crippen MR) is 57.5 cm³/mol. The van der Waals surface area contributed by atoms with E-state index in [9.17, 15) is 14.7 Å². The molecule has 2 aliphatic heterocycles. The lowest BCUT2D eigenvalue weighted by Gasteiger charge is -2.28. The highest BCUT2D eigenvalue weighted by Crippen LogP contribution is 2.21. The average molecular weight is 243 g/mol. The molecule has 2 heterocycles. The molecule has 2 aliphatic rings. The zero-order valence-electron chi connectivity index (χ0n) is 9.61. The first kappa shape index (κ1) is 12.3. The summed E-state index contributed by atoms with van der Waals surface area (Å²) >= 11 is 0. The Morgan fingerprint density at radius 3 is 2.65 bits per heavy atom. The van der Waals surface area contributed by atoms with Gasteiger partial charge >= 0.3 is 5.97 Å². The highest BCUT2D eigenvalue weighted by Gasteiger charge is 2.44. The topological polar surface area (TPSA) is 84.9 Å². The number of hydrogen-bond donors (Lipinski definition) is 2. The number of ether oxygens (including phenoxy) is 2. The van der Waals surface area contributed by atoms with Crippen molar-refractivity contribution in [3.8, 4) is 0 Å².